The van der Waals surface area contributed by atoms with Crippen molar-refractivity contribution in [1.29, 1.82) is 0 Å². The van der Waals surface area contributed by atoms with Crippen molar-refractivity contribution in [2.24, 2.45) is 23.7 Å². The normalized spacial score (nSPS) is 42.8. The van der Waals surface area contributed by atoms with E-state index >= 15 is 0 Å². The SMILES string of the molecule is CCC1OC(C)(C)OC1C1CC(C)CCC1C(C)C. The second-order valence-electron chi connectivity index (χ2n) is 7.54. The molecule has 0 radical (unpaired) electrons. The zero-order valence-electron chi connectivity index (χ0n) is 13.6. The minimum Gasteiger partial charge on any atom is -0.345 e. The van der Waals surface area contributed by atoms with Gasteiger partial charge in [-0.15, -0.1) is 0 Å². The molecule has 2 heteroatoms. The summed E-state index contributed by atoms with van der Waals surface area (Å²) < 4.78 is 12.4. The maximum absolute atomic E-state index is 6.30. The Morgan fingerprint density at radius 2 is 1.84 bits per heavy atom. The van der Waals surface area contributed by atoms with Gasteiger partial charge in [0.2, 0.25) is 0 Å². The minimum atomic E-state index is -0.395. The zero-order valence-corrected chi connectivity index (χ0v) is 13.6. The molecule has 0 N–H and O–H groups in total. The van der Waals surface area contributed by atoms with Crippen LogP contribution in [0.2, 0.25) is 0 Å². The van der Waals surface area contributed by atoms with Crippen LogP contribution in [0.1, 0.15) is 67.2 Å². The quantitative estimate of drug-likeness (QED) is 0.743. The molecule has 0 spiro atoms. The van der Waals surface area contributed by atoms with Gasteiger partial charge in [0.05, 0.1) is 12.2 Å². The monoisotopic (exact) mass is 268 g/mol. The summed E-state index contributed by atoms with van der Waals surface area (Å²) in [6.45, 7) is 13.5. The molecule has 0 aromatic rings. The van der Waals surface area contributed by atoms with Crippen LogP contribution >= 0.6 is 0 Å². The van der Waals surface area contributed by atoms with E-state index in [2.05, 4.69) is 41.5 Å². The van der Waals surface area contributed by atoms with Gasteiger partial charge in [0.25, 0.3) is 0 Å². The van der Waals surface area contributed by atoms with Crippen molar-refractivity contribution in [3.8, 4) is 0 Å². The summed E-state index contributed by atoms with van der Waals surface area (Å²) in [7, 11) is 0. The number of hydrogen-bond donors (Lipinski definition) is 0. The van der Waals surface area contributed by atoms with Crippen molar-refractivity contribution in [2.75, 3.05) is 0 Å². The molecule has 19 heavy (non-hydrogen) atoms. The van der Waals surface area contributed by atoms with Crippen molar-refractivity contribution in [2.45, 2.75) is 85.2 Å². The number of ether oxygens (including phenoxy) is 2. The standard InChI is InChI=1S/C17H32O2/c1-7-15-16(19-17(5,6)18-15)14-10-12(4)8-9-13(14)11(2)3/h11-16H,7-10H2,1-6H3. The van der Waals surface area contributed by atoms with Crippen LogP contribution in [0.25, 0.3) is 0 Å². The summed E-state index contributed by atoms with van der Waals surface area (Å²) in [5.41, 5.74) is 0. The summed E-state index contributed by atoms with van der Waals surface area (Å²) in [5.74, 6) is 2.67. The summed E-state index contributed by atoms with van der Waals surface area (Å²) in [5, 5.41) is 0. The average molecular weight is 268 g/mol. The largest absolute Gasteiger partial charge is 0.345 e. The van der Waals surface area contributed by atoms with Gasteiger partial charge in [0.1, 0.15) is 0 Å². The van der Waals surface area contributed by atoms with Gasteiger partial charge in [-0.25, -0.2) is 0 Å². The molecule has 112 valence electrons. The highest BCUT2D eigenvalue weighted by Gasteiger charge is 2.47. The first-order chi connectivity index (χ1) is 8.84. The van der Waals surface area contributed by atoms with E-state index in [1.54, 1.807) is 0 Å². The molecule has 0 aromatic heterocycles. The Morgan fingerprint density at radius 1 is 1.16 bits per heavy atom. The Labute approximate surface area is 119 Å². The van der Waals surface area contributed by atoms with E-state index in [-0.39, 0.29) is 6.10 Å². The first kappa shape index (κ1) is 15.3. The predicted octanol–water partition coefficient (Wildman–Crippen LogP) is 4.62. The summed E-state index contributed by atoms with van der Waals surface area (Å²) in [6.07, 6.45) is 5.70. The molecule has 1 saturated heterocycles. The van der Waals surface area contributed by atoms with E-state index in [0.717, 1.165) is 24.2 Å². The molecule has 2 aliphatic rings. The van der Waals surface area contributed by atoms with Crippen LogP contribution in [-0.4, -0.2) is 18.0 Å². The van der Waals surface area contributed by atoms with Gasteiger partial charge in [0.15, 0.2) is 5.79 Å². The fourth-order valence-corrected chi connectivity index (χ4v) is 4.20. The Kier molecular flexibility index (Phi) is 4.62. The minimum absolute atomic E-state index is 0.284. The molecule has 5 atom stereocenters. The third-order valence-electron chi connectivity index (χ3n) is 5.12. The smallest absolute Gasteiger partial charge is 0.163 e. The molecule has 0 amide bonds. The fourth-order valence-electron chi connectivity index (χ4n) is 4.20. The second-order valence-corrected chi connectivity index (χ2v) is 7.54. The summed E-state index contributed by atoms with van der Waals surface area (Å²) in [4.78, 5) is 0. The lowest BCUT2D eigenvalue weighted by Gasteiger charge is -2.41. The van der Waals surface area contributed by atoms with E-state index in [4.69, 9.17) is 9.47 Å². The summed E-state index contributed by atoms with van der Waals surface area (Å²) >= 11 is 0. The molecule has 2 rings (SSSR count). The van der Waals surface area contributed by atoms with E-state index in [9.17, 15) is 0 Å². The molecule has 0 aromatic carbocycles. The van der Waals surface area contributed by atoms with Gasteiger partial charge in [-0.3, -0.25) is 0 Å². The molecule has 0 bridgehead atoms. The van der Waals surface area contributed by atoms with Crippen LogP contribution in [0.3, 0.4) is 0 Å². The molecule has 5 unspecified atom stereocenters. The molecular formula is C17H32O2. The maximum Gasteiger partial charge on any atom is 0.163 e. The first-order valence-electron chi connectivity index (χ1n) is 8.19. The molecule has 1 aliphatic heterocycles. The zero-order chi connectivity index (χ0) is 14.2. The molecular weight excluding hydrogens is 236 g/mol. The average Bonchev–Trinajstić information content (AvgIpc) is 2.64. The molecule has 2 nitrogen and oxygen atoms in total. The van der Waals surface area contributed by atoms with Gasteiger partial charge in [-0.2, -0.15) is 0 Å². The first-order valence-corrected chi connectivity index (χ1v) is 8.19. The lowest BCUT2D eigenvalue weighted by Crippen LogP contribution is -2.41. The van der Waals surface area contributed by atoms with Gasteiger partial charge in [0, 0.05) is 0 Å². The highest BCUT2D eigenvalue weighted by atomic mass is 16.7. The van der Waals surface area contributed by atoms with E-state index in [1.165, 1.54) is 19.3 Å². The topological polar surface area (TPSA) is 18.5 Å². The molecule has 1 saturated carbocycles. The third kappa shape index (κ3) is 3.33. The number of rotatable bonds is 3. The van der Waals surface area contributed by atoms with Gasteiger partial charge in [-0.05, 0) is 56.8 Å². The van der Waals surface area contributed by atoms with Crippen LogP contribution in [0.5, 0.6) is 0 Å². The Bertz CT molecular complexity index is 298. The Morgan fingerprint density at radius 3 is 2.42 bits per heavy atom. The predicted molar refractivity (Wildman–Crippen MR) is 78.9 cm³/mol. The fraction of sp³-hybridized carbons (Fsp3) is 1.00. The maximum atomic E-state index is 6.30. The van der Waals surface area contributed by atoms with E-state index in [1.807, 2.05) is 0 Å². The molecule has 1 heterocycles. The highest BCUT2D eigenvalue weighted by Crippen LogP contribution is 2.45. The van der Waals surface area contributed by atoms with Gasteiger partial charge in [-0.1, -0.05) is 34.1 Å². The van der Waals surface area contributed by atoms with Crippen LogP contribution in [0, 0.1) is 23.7 Å². The van der Waals surface area contributed by atoms with E-state index in [0.29, 0.717) is 12.0 Å². The second kappa shape index (κ2) is 5.73. The lowest BCUT2D eigenvalue weighted by molar-refractivity contribution is -0.155. The van der Waals surface area contributed by atoms with Crippen molar-refractivity contribution in [1.82, 2.24) is 0 Å². The van der Waals surface area contributed by atoms with Crippen molar-refractivity contribution < 1.29 is 9.47 Å². The van der Waals surface area contributed by atoms with Crippen LogP contribution < -0.4 is 0 Å². The molecule has 2 fully saturated rings. The van der Waals surface area contributed by atoms with Gasteiger partial charge >= 0.3 is 0 Å². The van der Waals surface area contributed by atoms with Crippen LogP contribution in [-0.2, 0) is 9.47 Å². The Balaban J connectivity index is 2.16. The number of hydrogen-bond acceptors (Lipinski definition) is 2. The molecule has 1 aliphatic carbocycles. The van der Waals surface area contributed by atoms with Gasteiger partial charge < -0.3 is 9.47 Å². The highest BCUT2D eigenvalue weighted by molar-refractivity contribution is 4.92. The summed E-state index contributed by atoms with van der Waals surface area (Å²) in [6, 6.07) is 0. The van der Waals surface area contributed by atoms with Crippen molar-refractivity contribution in [3.63, 3.8) is 0 Å². The van der Waals surface area contributed by atoms with Crippen LogP contribution in [0.4, 0.5) is 0 Å². The van der Waals surface area contributed by atoms with Crippen LogP contribution in [0.15, 0.2) is 0 Å². The third-order valence-corrected chi connectivity index (χ3v) is 5.12. The van der Waals surface area contributed by atoms with Crippen molar-refractivity contribution >= 4 is 0 Å². The van der Waals surface area contributed by atoms with E-state index < -0.39 is 5.79 Å². The van der Waals surface area contributed by atoms with Crippen molar-refractivity contribution in [3.05, 3.63) is 0 Å². The Hall–Kier alpha value is -0.0800. The lowest BCUT2D eigenvalue weighted by atomic mass is 9.67.